The first-order chi connectivity index (χ1) is 16.2. The average molecular weight is 467 g/mol. The van der Waals surface area contributed by atoms with Crippen molar-refractivity contribution in [2.24, 2.45) is 7.05 Å². The van der Waals surface area contributed by atoms with Crippen molar-refractivity contribution in [3.63, 3.8) is 0 Å². The number of alkyl halides is 2. The summed E-state index contributed by atoms with van der Waals surface area (Å²) in [6.45, 7) is 0.566. The van der Waals surface area contributed by atoms with E-state index in [0.717, 1.165) is 29.1 Å². The molecule has 0 radical (unpaired) electrons. The Hall–Kier alpha value is -4.28. The van der Waals surface area contributed by atoms with Gasteiger partial charge in [-0.15, -0.1) is 0 Å². The molecule has 34 heavy (non-hydrogen) atoms. The summed E-state index contributed by atoms with van der Waals surface area (Å²) in [5.41, 5.74) is 2.24. The molecular formula is C23H20F3N7O. The summed E-state index contributed by atoms with van der Waals surface area (Å²) in [6.07, 6.45) is 7.82. The SMILES string of the molecule is Cn1cc(Nc2ncc(-c3ccc(CC(=O)Nc4cnc(F)c(C(C)(F)F)c4)cc3)cn2)cn1. The Labute approximate surface area is 192 Å². The zero-order chi connectivity index (χ0) is 24.3. The number of halogens is 3. The maximum absolute atomic E-state index is 13.5. The summed E-state index contributed by atoms with van der Waals surface area (Å²) in [4.78, 5) is 24.2. The molecular weight excluding hydrogens is 447 g/mol. The standard InChI is InChI=1S/C23H20F3N7O/c1-23(25,26)19-8-17(11-27-21(19)24)31-20(34)7-14-3-5-15(6-4-14)16-9-28-22(29-10-16)32-18-12-30-33(2)13-18/h3-6,8-13H,7H2,1-2H3,(H,31,34)(H,28,29,32). The molecule has 0 aliphatic rings. The summed E-state index contributed by atoms with van der Waals surface area (Å²) in [7, 11) is 1.81. The van der Waals surface area contributed by atoms with Gasteiger partial charge in [0, 0.05) is 38.1 Å². The van der Waals surface area contributed by atoms with Gasteiger partial charge in [-0.05, 0) is 17.2 Å². The molecule has 2 N–H and O–H groups in total. The van der Waals surface area contributed by atoms with E-state index in [1.807, 2.05) is 19.2 Å². The summed E-state index contributed by atoms with van der Waals surface area (Å²) in [5, 5.41) is 9.59. The molecule has 0 fully saturated rings. The lowest BCUT2D eigenvalue weighted by Gasteiger charge is -2.13. The van der Waals surface area contributed by atoms with Gasteiger partial charge in [0.1, 0.15) is 0 Å². The molecule has 3 heterocycles. The lowest BCUT2D eigenvalue weighted by Crippen LogP contribution is -2.17. The van der Waals surface area contributed by atoms with Crippen LogP contribution in [0, 0.1) is 5.95 Å². The second-order valence-electron chi connectivity index (χ2n) is 7.70. The first-order valence-electron chi connectivity index (χ1n) is 10.2. The number of carbonyl (C=O) groups excluding carboxylic acids is 1. The van der Waals surface area contributed by atoms with Crippen LogP contribution in [0.4, 0.5) is 30.5 Å². The monoisotopic (exact) mass is 467 g/mol. The summed E-state index contributed by atoms with van der Waals surface area (Å²) in [5.74, 6) is -4.69. The Morgan fingerprint density at radius 3 is 2.32 bits per heavy atom. The van der Waals surface area contributed by atoms with Gasteiger partial charge in [0.15, 0.2) is 0 Å². The lowest BCUT2D eigenvalue weighted by molar-refractivity contribution is -0.115. The first-order valence-corrected chi connectivity index (χ1v) is 10.2. The van der Waals surface area contributed by atoms with Crippen LogP contribution in [0.2, 0.25) is 0 Å². The molecule has 4 rings (SSSR count). The summed E-state index contributed by atoms with van der Waals surface area (Å²) < 4.78 is 42.1. The zero-order valence-electron chi connectivity index (χ0n) is 18.3. The van der Waals surface area contributed by atoms with Gasteiger partial charge < -0.3 is 10.6 Å². The van der Waals surface area contributed by atoms with Crippen LogP contribution in [0.15, 0.2) is 61.3 Å². The third-order valence-corrected chi connectivity index (χ3v) is 4.86. The second-order valence-corrected chi connectivity index (χ2v) is 7.70. The van der Waals surface area contributed by atoms with E-state index >= 15 is 0 Å². The maximum Gasteiger partial charge on any atom is 0.274 e. The largest absolute Gasteiger partial charge is 0.324 e. The number of anilines is 3. The van der Waals surface area contributed by atoms with E-state index in [4.69, 9.17) is 0 Å². The third-order valence-electron chi connectivity index (χ3n) is 4.86. The molecule has 0 bridgehead atoms. The Morgan fingerprint density at radius 2 is 1.71 bits per heavy atom. The Kier molecular flexibility index (Phi) is 6.26. The zero-order valence-corrected chi connectivity index (χ0v) is 18.3. The van der Waals surface area contributed by atoms with Gasteiger partial charge in [-0.1, -0.05) is 24.3 Å². The van der Waals surface area contributed by atoms with Gasteiger partial charge in [0.2, 0.25) is 17.8 Å². The van der Waals surface area contributed by atoms with Crippen LogP contribution < -0.4 is 10.6 Å². The molecule has 0 saturated heterocycles. The fourth-order valence-electron chi connectivity index (χ4n) is 3.19. The molecule has 174 valence electrons. The van der Waals surface area contributed by atoms with Crippen LogP contribution in [0.3, 0.4) is 0 Å². The smallest absolute Gasteiger partial charge is 0.274 e. The van der Waals surface area contributed by atoms with Gasteiger partial charge in [0.05, 0.1) is 35.8 Å². The van der Waals surface area contributed by atoms with Crippen molar-refractivity contribution in [1.82, 2.24) is 24.7 Å². The molecule has 0 spiro atoms. The molecule has 0 atom stereocenters. The molecule has 0 aliphatic carbocycles. The van der Waals surface area contributed by atoms with Crippen LogP contribution in [0.5, 0.6) is 0 Å². The Balaban J connectivity index is 1.37. The van der Waals surface area contributed by atoms with Crippen LogP contribution in [0.25, 0.3) is 11.1 Å². The molecule has 4 aromatic rings. The van der Waals surface area contributed by atoms with Crippen LogP contribution in [-0.2, 0) is 24.2 Å². The summed E-state index contributed by atoms with van der Waals surface area (Å²) in [6, 6.07) is 8.07. The van der Waals surface area contributed by atoms with Gasteiger partial charge in [0.25, 0.3) is 5.92 Å². The van der Waals surface area contributed by atoms with Crippen molar-refractivity contribution in [3.8, 4) is 11.1 Å². The molecule has 1 amide bonds. The number of rotatable bonds is 7. The van der Waals surface area contributed by atoms with E-state index in [9.17, 15) is 18.0 Å². The minimum Gasteiger partial charge on any atom is -0.324 e. The molecule has 1 aromatic carbocycles. The van der Waals surface area contributed by atoms with E-state index in [2.05, 4.69) is 30.7 Å². The molecule has 0 aliphatic heterocycles. The number of benzene rings is 1. The van der Waals surface area contributed by atoms with E-state index < -0.39 is 23.3 Å². The van der Waals surface area contributed by atoms with Gasteiger partial charge >= 0.3 is 0 Å². The molecule has 3 aromatic heterocycles. The van der Waals surface area contributed by atoms with Crippen molar-refractivity contribution in [1.29, 1.82) is 0 Å². The normalized spacial score (nSPS) is 11.3. The van der Waals surface area contributed by atoms with E-state index in [-0.39, 0.29) is 12.1 Å². The third kappa shape index (κ3) is 5.55. The second kappa shape index (κ2) is 9.30. The maximum atomic E-state index is 13.5. The number of aromatic nitrogens is 5. The number of carbonyl (C=O) groups is 1. The van der Waals surface area contributed by atoms with E-state index in [0.29, 0.717) is 18.4 Å². The highest BCUT2D eigenvalue weighted by atomic mass is 19.3. The minimum absolute atomic E-state index is 0.0000232. The Bertz CT molecular complexity index is 1300. The number of aryl methyl sites for hydroxylation is 1. The molecule has 8 nitrogen and oxygen atoms in total. The molecule has 0 unspecified atom stereocenters. The predicted molar refractivity (Wildman–Crippen MR) is 120 cm³/mol. The van der Waals surface area contributed by atoms with E-state index in [1.165, 1.54) is 0 Å². The molecule has 0 saturated carbocycles. The fraction of sp³-hybridized carbons (Fsp3) is 0.174. The van der Waals surface area contributed by atoms with Crippen LogP contribution in [-0.4, -0.2) is 30.6 Å². The van der Waals surface area contributed by atoms with Crippen molar-refractivity contribution in [2.45, 2.75) is 19.3 Å². The predicted octanol–water partition coefficient (Wildman–Crippen LogP) is 4.45. The molecule has 11 heteroatoms. The van der Waals surface area contributed by atoms with Crippen molar-refractivity contribution in [3.05, 3.63) is 78.4 Å². The first kappa shape index (κ1) is 22.9. The number of amides is 1. The van der Waals surface area contributed by atoms with Crippen LogP contribution in [0.1, 0.15) is 18.1 Å². The van der Waals surface area contributed by atoms with Crippen molar-refractivity contribution in [2.75, 3.05) is 10.6 Å². The number of hydrogen-bond donors (Lipinski definition) is 2. The number of hydrogen-bond acceptors (Lipinski definition) is 6. The van der Waals surface area contributed by atoms with Gasteiger partial charge in [-0.3, -0.25) is 9.48 Å². The minimum atomic E-state index is -3.41. The lowest BCUT2D eigenvalue weighted by atomic mass is 10.0. The highest BCUT2D eigenvalue weighted by Gasteiger charge is 2.29. The highest BCUT2D eigenvalue weighted by molar-refractivity contribution is 5.92. The van der Waals surface area contributed by atoms with Crippen LogP contribution >= 0.6 is 0 Å². The topological polar surface area (TPSA) is 97.6 Å². The highest BCUT2D eigenvalue weighted by Crippen LogP contribution is 2.30. The Morgan fingerprint density at radius 1 is 1.00 bits per heavy atom. The number of pyridine rings is 1. The quantitative estimate of drug-likeness (QED) is 0.390. The van der Waals surface area contributed by atoms with Gasteiger partial charge in [-0.25, -0.2) is 23.7 Å². The fourth-order valence-corrected chi connectivity index (χ4v) is 3.19. The van der Waals surface area contributed by atoms with Crippen molar-refractivity contribution < 1.29 is 18.0 Å². The average Bonchev–Trinajstić information content (AvgIpc) is 3.20. The number of nitrogens with one attached hydrogen (secondary N) is 2. The van der Waals surface area contributed by atoms with Gasteiger partial charge in [-0.2, -0.15) is 9.49 Å². The van der Waals surface area contributed by atoms with Crippen molar-refractivity contribution >= 4 is 23.2 Å². The van der Waals surface area contributed by atoms with E-state index in [1.54, 1.807) is 41.6 Å². The number of nitrogens with zero attached hydrogens (tertiary/aromatic N) is 5. The summed E-state index contributed by atoms with van der Waals surface area (Å²) >= 11 is 0.